The smallest absolute Gasteiger partial charge is 0.312 e. The summed E-state index contributed by atoms with van der Waals surface area (Å²) in [5, 5.41) is 2.03. The summed E-state index contributed by atoms with van der Waals surface area (Å²) in [5.74, 6) is 0.0931. The molecule has 0 saturated carbocycles. The maximum Gasteiger partial charge on any atom is 0.312 e. The van der Waals surface area contributed by atoms with E-state index in [0.717, 1.165) is 33.2 Å². The zero-order valence-electron chi connectivity index (χ0n) is 15.9. The van der Waals surface area contributed by atoms with Crippen LogP contribution in [0, 0.1) is 0 Å². The summed E-state index contributed by atoms with van der Waals surface area (Å²) in [4.78, 5) is 23.8. The Morgan fingerprint density at radius 2 is 1.59 bits per heavy atom. The fourth-order valence-corrected chi connectivity index (χ4v) is 3.22. The molecule has 138 valence electrons. The van der Waals surface area contributed by atoms with Crippen LogP contribution >= 0.6 is 0 Å². The third kappa shape index (κ3) is 3.70. The molecular weight excluding hydrogens is 340 g/mol. The lowest BCUT2D eigenvalue weighted by atomic mass is 9.88. The Morgan fingerprint density at radius 3 is 2.19 bits per heavy atom. The van der Waals surface area contributed by atoms with Crippen LogP contribution in [0.3, 0.4) is 0 Å². The number of hydrogen-bond acceptors (Lipinski definition) is 4. The molecule has 4 nitrogen and oxygen atoms in total. The number of carbonyl (C=O) groups is 2. The topological polar surface area (TPSA) is 52.6 Å². The van der Waals surface area contributed by atoms with Crippen molar-refractivity contribution in [1.82, 2.24) is 0 Å². The van der Waals surface area contributed by atoms with E-state index in [1.807, 2.05) is 43.3 Å². The van der Waals surface area contributed by atoms with Crippen LogP contribution in [0.1, 0.15) is 35.7 Å². The highest BCUT2D eigenvalue weighted by Crippen LogP contribution is 2.35. The molecule has 3 aromatic carbocycles. The molecule has 0 aliphatic carbocycles. The van der Waals surface area contributed by atoms with Gasteiger partial charge in [-0.25, -0.2) is 0 Å². The summed E-state index contributed by atoms with van der Waals surface area (Å²) in [6, 6.07) is 17.3. The summed E-state index contributed by atoms with van der Waals surface area (Å²) >= 11 is 0. The van der Waals surface area contributed by atoms with Crippen LogP contribution in [0.2, 0.25) is 0 Å². The van der Waals surface area contributed by atoms with Gasteiger partial charge in [-0.3, -0.25) is 9.59 Å². The predicted octanol–water partition coefficient (Wildman–Crippen LogP) is 4.99. The fourth-order valence-electron chi connectivity index (χ4n) is 3.22. The fraction of sp³-hybridized carbons (Fsp3) is 0.217. The molecule has 0 aromatic heterocycles. The molecule has 0 amide bonds. The minimum atomic E-state index is -0.413. The molecule has 3 aromatic rings. The standard InChI is InChI=1S/C23H22O4/c1-14(23(25)27-4)21-12-18-9-10-20(26-3)11-19(18)13-22(21)17-7-5-16(6-8-17)15(2)24/h5-14H,1-4H3. The maximum atomic E-state index is 12.2. The molecule has 1 atom stereocenters. The van der Waals surface area contributed by atoms with E-state index in [0.29, 0.717) is 5.56 Å². The zero-order valence-corrected chi connectivity index (χ0v) is 15.9. The summed E-state index contributed by atoms with van der Waals surface area (Å²) < 4.78 is 10.3. The lowest BCUT2D eigenvalue weighted by Gasteiger charge is -2.17. The molecule has 0 heterocycles. The van der Waals surface area contributed by atoms with Gasteiger partial charge >= 0.3 is 5.97 Å². The largest absolute Gasteiger partial charge is 0.497 e. The first-order chi connectivity index (χ1) is 12.9. The van der Waals surface area contributed by atoms with Crippen molar-refractivity contribution in [2.24, 2.45) is 0 Å². The molecule has 1 unspecified atom stereocenters. The first-order valence-corrected chi connectivity index (χ1v) is 8.75. The third-order valence-electron chi connectivity index (χ3n) is 4.84. The molecule has 0 radical (unpaired) electrons. The average molecular weight is 362 g/mol. The summed E-state index contributed by atoms with van der Waals surface area (Å²) in [6.07, 6.45) is 0. The Morgan fingerprint density at radius 1 is 0.889 bits per heavy atom. The number of esters is 1. The molecule has 27 heavy (non-hydrogen) atoms. The Bertz CT molecular complexity index is 1000. The SMILES string of the molecule is COC(=O)C(C)c1cc2ccc(OC)cc2cc1-c1ccc(C(C)=O)cc1. The minimum Gasteiger partial charge on any atom is -0.497 e. The van der Waals surface area contributed by atoms with Crippen molar-refractivity contribution in [3.05, 3.63) is 65.7 Å². The van der Waals surface area contributed by atoms with Gasteiger partial charge in [0.05, 0.1) is 20.1 Å². The van der Waals surface area contributed by atoms with Gasteiger partial charge in [0.15, 0.2) is 5.78 Å². The van der Waals surface area contributed by atoms with Crippen LogP contribution < -0.4 is 4.74 Å². The number of methoxy groups -OCH3 is 2. The van der Waals surface area contributed by atoms with E-state index >= 15 is 0 Å². The van der Waals surface area contributed by atoms with Crippen LogP contribution in [0.15, 0.2) is 54.6 Å². The van der Waals surface area contributed by atoms with E-state index in [1.165, 1.54) is 7.11 Å². The first kappa shape index (κ1) is 18.6. The molecule has 0 N–H and O–H groups in total. The molecule has 0 aliphatic heterocycles. The van der Waals surface area contributed by atoms with Gasteiger partial charge in [0.1, 0.15) is 5.75 Å². The van der Waals surface area contributed by atoms with Gasteiger partial charge in [0, 0.05) is 5.56 Å². The van der Waals surface area contributed by atoms with Crippen LogP contribution in [-0.4, -0.2) is 26.0 Å². The van der Waals surface area contributed by atoms with Gasteiger partial charge in [0.2, 0.25) is 0 Å². The maximum absolute atomic E-state index is 12.2. The summed E-state index contributed by atoms with van der Waals surface area (Å²) in [6.45, 7) is 3.38. The zero-order chi connectivity index (χ0) is 19.6. The highest BCUT2D eigenvalue weighted by Gasteiger charge is 2.21. The van der Waals surface area contributed by atoms with E-state index < -0.39 is 5.92 Å². The highest BCUT2D eigenvalue weighted by atomic mass is 16.5. The average Bonchev–Trinajstić information content (AvgIpc) is 2.71. The molecule has 0 bridgehead atoms. The van der Waals surface area contributed by atoms with Crippen molar-refractivity contribution in [2.45, 2.75) is 19.8 Å². The number of hydrogen-bond donors (Lipinski definition) is 0. The third-order valence-corrected chi connectivity index (χ3v) is 4.84. The van der Waals surface area contributed by atoms with E-state index in [9.17, 15) is 9.59 Å². The lowest BCUT2D eigenvalue weighted by Crippen LogP contribution is -2.12. The van der Waals surface area contributed by atoms with Crippen molar-refractivity contribution < 1.29 is 19.1 Å². The van der Waals surface area contributed by atoms with Crippen LogP contribution in [0.25, 0.3) is 21.9 Å². The number of fused-ring (bicyclic) bond motifs is 1. The monoisotopic (exact) mass is 362 g/mol. The van der Waals surface area contributed by atoms with E-state index in [4.69, 9.17) is 9.47 Å². The number of Topliss-reactive ketones (excluding diaryl/α,β-unsaturated/α-hetero) is 1. The van der Waals surface area contributed by atoms with Gasteiger partial charge in [-0.05, 0) is 65.6 Å². The van der Waals surface area contributed by atoms with Crippen molar-refractivity contribution >= 4 is 22.5 Å². The predicted molar refractivity (Wildman–Crippen MR) is 106 cm³/mol. The molecule has 4 heteroatoms. The summed E-state index contributed by atoms with van der Waals surface area (Å²) in [5.41, 5.74) is 3.41. The van der Waals surface area contributed by atoms with Gasteiger partial charge in [-0.15, -0.1) is 0 Å². The molecular formula is C23H22O4. The molecule has 0 aliphatic rings. The Labute approximate surface area is 158 Å². The number of carbonyl (C=O) groups excluding carboxylic acids is 2. The second-order valence-electron chi connectivity index (χ2n) is 6.53. The van der Waals surface area contributed by atoms with Gasteiger partial charge in [0.25, 0.3) is 0 Å². The van der Waals surface area contributed by atoms with Gasteiger partial charge in [-0.2, -0.15) is 0 Å². The van der Waals surface area contributed by atoms with Gasteiger partial charge in [-0.1, -0.05) is 30.3 Å². The lowest BCUT2D eigenvalue weighted by molar-refractivity contribution is -0.141. The quantitative estimate of drug-likeness (QED) is 0.474. The molecule has 0 fully saturated rings. The number of ketones is 1. The summed E-state index contributed by atoms with van der Waals surface area (Å²) in [7, 11) is 3.03. The number of rotatable bonds is 5. The molecule has 3 rings (SSSR count). The van der Waals surface area contributed by atoms with Gasteiger partial charge < -0.3 is 9.47 Å². The highest BCUT2D eigenvalue weighted by molar-refractivity contribution is 5.96. The normalized spacial score (nSPS) is 11.9. The Balaban J connectivity index is 2.22. The van der Waals surface area contributed by atoms with E-state index in [1.54, 1.807) is 26.2 Å². The Hall–Kier alpha value is -3.14. The van der Waals surface area contributed by atoms with Crippen molar-refractivity contribution in [3.8, 4) is 16.9 Å². The van der Waals surface area contributed by atoms with Crippen molar-refractivity contribution in [3.63, 3.8) is 0 Å². The Kier molecular flexibility index (Phi) is 5.26. The second-order valence-corrected chi connectivity index (χ2v) is 6.53. The van der Waals surface area contributed by atoms with E-state index in [-0.39, 0.29) is 11.8 Å². The van der Waals surface area contributed by atoms with Crippen LogP contribution in [0.5, 0.6) is 5.75 Å². The van der Waals surface area contributed by atoms with Crippen LogP contribution in [0.4, 0.5) is 0 Å². The van der Waals surface area contributed by atoms with Crippen molar-refractivity contribution in [1.29, 1.82) is 0 Å². The van der Waals surface area contributed by atoms with E-state index in [2.05, 4.69) is 6.07 Å². The minimum absolute atomic E-state index is 0.0213. The van der Waals surface area contributed by atoms with Crippen molar-refractivity contribution in [2.75, 3.05) is 14.2 Å². The second kappa shape index (κ2) is 7.62. The molecule has 0 spiro atoms. The van der Waals surface area contributed by atoms with Crippen LogP contribution in [-0.2, 0) is 9.53 Å². The number of benzene rings is 3. The number of ether oxygens (including phenoxy) is 2. The molecule has 0 saturated heterocycles. The first-order valence-electron chi connectivity index (χ1n) is 8.75.